The standard InChI is InChI=1S/C35H40N8O3/c1-43-17-5-6-29(43)33-40-27-15-14-26(39-32(27)42-33)24-12-10-23-19-25(13-11-22(23)18-24)28-20-37-30(38-28)7-3-4-16-36-34(44)31(21-8-9-21)41-35(45)46-2/h10-15,18-21,29,31H,3-9,16-17H2,1-2H3,(H,36,44)(H,37,38)(H,41,45)(H,39,40,42). The lowest BCUT2D eigenvalue weighted by Crippen LogP contribution is -2.48. The first-order valence-corrected chi connectivity index (χ1v) is 16.2. The maximum atomic E-state index is 12.5. The van der Waals surface area contributed by atoms with Crippen molar-refractivity contribution >= 4 is 33.9 Å². The van der Waals surface area contributed by atoms with E-state index in [4.69, 9.17) is 9.97 Å². The van der Waals surface area contributed by atoms with Gasteiger partial charge < -0.3 is 25.3 Å². The number of imidazole rings is 2. The number of nitrogens with one attached hydrogen (secondary N) is 4. The molecule has 0 spiro atoms. The number of hydrogen-bond donors (Lipinski definition) is 4. The summed E-state index contributed by atoms with van der Waals surface area (Å²) in [5.41, 5.74) is 5.77. The van der Waals surface area contributed by atoms with Crippen LogP contribution >= 0.6 is 0 Å². The van der Waals surface area contributed by atoms with Crippen LogP contribution in [0, 0.1) is 5.92 Å². The molecule has 4 N–H and O–H groups in total. The molecule has 2 aromatic carbocycles. The van der Waals surface area contributed by atoms with Gasteiger partial charge >= 0.3 is 6.09 Å². The Hall–Kier alpha value is -4.77. The predicted molar refractivity (Wildman–Crippen MR) is 177 cm³/mol. The molecule has 1 aliphatic carbocycles. The number of aryl methyl sites for hydroxylation is 1. The fraction of sp³-hybridized carbons (Fsp3) is 0.400. The second kappa shape index (κ2) is 12.9. The predicted octanol–water partition coefficient (Wildman–Crippen LogP) is 5.51. The molecule has 0 bridgehead atoms. The summed E-state index contributed by atoms with van der Waals surface area (Å²) in [5.74, 6) is 1.98. The van der Waals surface area contributed by atoms with Gasteiger partial charge in [-0.25, -0.2) is 19.7 Å². The minimum atomic E-state index is -0.571. The lowest BCUT2D eigenvalue weighted by atomic mass is 10.0. The number of likely N-dealkylation sites (tertiary alicyclic amines) is 1. The van der Waals surface area contributed by atoms with Crippen LogP contribution in [0.3, 0.4) is 0 Å². The topological polar surface area (TPSA) is 141 Å². The number of aromatic amines is 2. The number of fused-ring (bicyclic) bond motifs is 2. The zero-order valence-electron chi connectivity index (χ0n) is 26.3. The molecular weight excluding hydrogens is 580 g/mol. The normalized spacial score (nSPS) is 17.4. The average molecular weight is 621 g/mol. The number of benzene rings is 2. The van der Waals surface area contributed by atoms with Gasteiger partial charge in [-0.1, -0.05) is 24.3 Å². The lowest BCUT2D eigenvalue weighted by molar-refractivity contribution is -0.123. The first-order valence-electron chi connectivity index (χ1n) is 16.2. The zero-order chi connectivity index (χ0) is 31.6. The summed E-state index contributed by atoms with van der Waals surface area (Å²) in [4.78, 5) is 47.8. The number of carbonyl (C=O) groups is 2. The van der Waals surface area contributed by atoms with Crippen LogP contribution in [-0.2, 0) is 16.0 Å². The fourth-order valence-electron chi connectivity index (χ4n) is 6.45. The van der Waals surface area contributed by atoms with Gasteiger partial charge in [0.25, 0.3) is 0 Å². The van der Waals surface area contributed by atoms with Crippen LogP contribution in [0.15, 0.2) is 54.7 Å². The Morgan fingerprint density at radius 1 is 1.00 bits per heavy atom. The summed E-state index contributed by atoms with van der Waals surface area (Å²) in [6.07, 6.45) is 8.00. The van der Waals surface area contributed by atoms with Crippen LogP contribution in [0.1, 0.15) is 56.2 Å². The van der Waals surface area contributed by atoms with E-state index in [1.165, 1.54) is 13.5 Å². The summed E-state index contributed by atoms with van der Waals surface area (Å²) in [6, 6.07) is 16.8. The van der Waals surface area contributed by atoms with Gasteiger partial charge in [0.05, 0.1) is 36.3 Å². The zero-order valence-corrected chi connectivity index (χ0v) is 26.3. The SMILES string of the molecule is COC(=O)NC(C(=O)NCCCCc1ncc(-c2ccc3cc(-c4ccc5[nH]c(C6CCCN6C)nc5n4)ccc3c2)[nH]1)C1CC1. The fourth-order valence-corrected chi connectivity index (χ4v) is 6.45. The van der Waals surface area contributed by atoms with Crippen LogP contribution in [-0.4, -0.2) is 75.1 Å². The molecular formula is C35H40N8O3. The molecule has 0 radical (unpaired) electrons. The number of pyridine rings is 1. The van der Waals surface area contributed by atoms with Crippen LogP contribution in [0.2, 0.25) is 0 Å². The summed E-state index contributed by atoms with van der Waals surface area (Å²) in [7, 11) is 3.46. The average Bonchev–Trinajstić information content (AvgIpc) is 3.42. The number of carbonyl (C=O) groups excluding carboxylic acids is 2. The highest BCUT2D eigenvalue weighted by molar-refractivity contribution is 5.90. The quantitative estimate of drug-likeness (QED) is 0.143. The molecule has 46 heavy (non-hydrogen) atoms. The van der Waals surface area contributed by atoms with Gasteiger partial charge in [0.1, 0.15) is 17.7 Å². The lowest BCUT2D eigenvalue weighted by Gasteiger charge is -2.17. The Morgan fingerprint density at radius 2 is 1.80 bits per heavy atom. The van der Waals surface area contributed by atoms with Gasteiger partial charge in [0.15, 0.2) is 5.65 Å². The van der Waals surface area contributed by atoms with E-state index in [2.05, 4.69) is 90.8 Å². The number of ether oxygens (including phenoxy) is 1. The smallest absolute Gasteiger partial charge is 0.407 e. The van der Waals surface area contributed by atoms with Crippen LogP contribution in [0.25, 0.3) is 44.5 Å². The largest absolute Gasteiger partial charge is 0.453 e. The van der Waals surface area contributed by atoms with Gasteiger partial charge in [-0.15, -0.1) is 0 Å². The van der Waals surface area contributed by atoms with Crippen molar-refractivity contribution in [2.24, 2.45) is 5.92 Å². The number of rotatable bonds is 11. The van der Waals surface area contributed by atoms with Crippen molar-refractivity contribution in [2.75, 3.05) is 27.2 Å². The summed E-state index contributed by atoms with van der Waals surface area (Å²) in [6.45, 7) is 1.65. The van der Waals surface area contributed by atoms with Crippen molar-refractivity contribution in [1.82, 2.24) is 40.5 Å². The van der Waals surface area contributed by atoms with Crippen molar-refractivity contribution in [2.45, 2.75) is 57.0 Å². The Balaban J connectivity index is 0.950. The summed E-state index contributed by atoms with van der Waals surface area (Å²) >= 11 is 0. The minimum absolute atomic E-state index is 0.145. The molecule has 2 aliphatic rings. The van der Waals surface area contributed by atoms with Crippen LogP contribution < -0.4 is 10.6 Å². The number of alkyl carbamates (subject to hydrolysis) is 1. The van der Waals surface area contributed by atoms with E-state index in [9.17, 15) is 9.59 Å². The Labute approximate surface area is 267 Å². The van der Waals surface area contributed by atoms with E-state index in [-0.39, 0.29) is 11.8 Å². The van der Waals surface area contributed by atoms with Crippen molar-refractivity contribution in [3.63, 3.8) is 0 Å². The number of H-pyrrole nitrogens is 2. The second-order valence-electron chi connectivity index (χ2n) is 12.5. The first-order chi connectivity index (χ1) is 22.4. The van der Waals surface area contributed by atoms with E-state index < -0.39 is 12.1 Å². The second-order valence-corrected chi connectivity index (χ2v) is 12.5. The van der Waals surface area contributed by atoms with E-state index in [1.54, 1.807) is 0 Å². The third kappa shape index (κ3) is 6.46. The van der Waals surface area contributed by atoms with Gasteiger partial charge in [-0.3, -0.25) is 9.69 Å². The van der Waals surface area contributed by atoms with Crippen molar-refractivity contribution < 1.29 is 14.3 Å². The maximum absolute atomic E-state index is 12.5. The number of nitrogens with zero attached hydrogens (tertiary/aromatic N) is 4. The van der Waals surface area contributed by atoms with E-state index in [0.717, 1.165) is 101 Å². The molecule has 1 aliphatic heterocycles. The van der Waals surface area contributed by atoms with Gasteiger partial charge in [-0.05, 0) is 93.1 Å². The molecule has 11 heteroatoms. The molecule has 1 saturated heterocycles. The molecule has 2 amide bonds. The van der Waals surface area contributed by atoms with E-state index in [1.807, 2.05) is 6.20 Å². The number of methoxy groups -OCH3 is 1. The highest BCUT2D eigenvalue weighted by Gasteiger charge is 2.37. The summed E-state index contributed by atoms with van der Waals surface area (Å²) in [5, 5.41) is 7.90. The molecule has 4 heterocycles. The monoisotopic (exact) mass is 620 g/mol. The van der Waals surface area contributed by atoms with Crippen LogP contribution in [0.4, 0.5) is 4.79 Å². The third-order valence-corrected chi connectivity index (χ3v) is 9.25. The molecule has 1 saturated carbocycles. The molecule has 7 rings (SSSR count). The molecule has 3 aromatic heterocycles. The number of hydrogen-bond acceptors (Lipinski definition) is 7. The highest BCUT2D eigenvalue weighted by atomic mass is 16.5. The maximum Gasteiger partial charge on any atom is 0.407 e. The molecule has 238 valence electrons. The van der Waals surface area contributed by atoms with Crippen molar-refractivity contribution in [3.8, 4) is 22.5 Å². The van der Waals surface area contributed by atoms with E-state index >= 15 is 0 Å². The van der Waals surface area contributed by atoms with Crippen molar-refractivity contribution in [1.29, 1.82) is 0 Å². The Bertz CT molecular complexity index is 1880. The van der Waals surface area contributed by atoms with Crippen molar-refractivity contribution in [3.05, 3.63) is 66.4 Å². The molecule has 2 fully saturated rings. The third-order valence-electron chi connectivity index (χ3n) is 9.25. The Kier molecular flexibility index (Phi) is 8.40. The molecule has 2 unspecified atom stereocenters. The summed E-state index contributed by atoms with van der Waals surface area (Å²) < 4.78 is 4.66. The number of aromatic nitrogens is 5. The molecule has 5 aromatic rings. The highest BCUT2D eigenvalue weighted by Crippen LogP contribution is 2.33. The number of unbranched alkanes of at least 4 members (excludes halogenated alkanes) is 1. The van der Waals surface area contributed by atoms with Gasteiger partial charge in [-0.2, -0.15) is 0 Å². The first kappa shape index (κ1) is 29.9. The number of amides is 2. The van der Waals surface area contributed by atoms with Crippen LogP contribution in [0.5, 0.6) is 0 Å². The Morgan fingerprint density at radius 3 is 2.57 bits per heavy atom. The van der Waals surface area contributed by atoms with Gasteiger partial charge in [0.2, 0.25) is 5.91 Å². The minimum Gasteiger partial charge on any atom is -0.453 e. The molecule has 2 atom stereocenters. The molecule has 11 nitrogen and oxygen atoms in total. The van der Waals surface area contributed by atoms with E-state index in [0.29, 0.717) is 12.6 Å². The van der Waals surface area contributed by atoms with Gasteiger partial charge in [0, 0.05) is 24.1 Å².